The molecule has 4 heteroatoms. The Hall–Kier alpha value is -1.97. The van der Waals surface area contributed by atoms with E-state index in [1.165, 1.54) is 25.1 Å². The zero-order chi connectivity index (χ0) is 15.1. The number of hydrogen-bond acceptors (Lipinski definition) is 2. The Balaban J connectivity index is 2.75. The van der Waals surface area contributed by atoms with Crippen LogP contribution in [0.15, 0.2) is 24.4 Å². The molecule has 0 saturated heterocycles. The summed E-state index contributed by atoms with van der Waals surface area (Å²) >= 11 is 0. The van der Waals surface area contributed by atoms with Crippen LogP contribution in [0.25, 0.3) is 11.1 Å². The van der Waals surface area contributed by atoms with Crippen LogP contribution in [0.5, 0.6) is 0 Å². The maximum absolute atomic E-state index is 13.6. The smallest absolute Gasteiger partial charge is 0.160 e. The van der Waals surface area contributed by atoms with Gasteiger partial charge in [-0.1, -0.05) is 20.8 Å². The van der Waals surface area contributed by atoms with E-state index in [2.05, 4.69) is 5.10 Å². The van der Waals surface area contributed by atoms with Gasteiger partial charge in [-0.15, -0.1) is 0 Å². The predicted molar refractivity (Wildman–Crippen MR) is 77.3 cm³/mol. The fraction of sp³-hybridized carbons (Fsp3) is 0.375. The number of aromatic nitrogens is 2. The molecule has 106 valence electrons. The van der Waals surface area contributed by atoms with Crippen LogP contribution < -0.4 is 0 Å². The third kappa shape index (κ3) is 2.64. The van der Waals surface area contributed by atoms with Crippen LogP contribution in [0, 0.1) is 5.82 Å². The Morgan fingerprint density at radius 1 is 1.25 bits per heavy atom. The lowest BCUT2D eigenvalue weighted by Gasteiger charge is -2.18. The largest absolute Gasteiger partial charge is 0.294 e. The molecule has 0 atom stereocenters. The molecule has 0 radical (unpaired) electrons. The number of carbonyl (C=O) groups is 1. The van der Waals surface area contributed by atoms with Gasteiger partial charge in [-0.2, -0.15) is 5.10 Å². The lowest BCUT2D eigenvalue weighted by Crippen LogP contribution is -2.14. The first kappa shape index (κ1) is 14.4. The van der Waals surface area contributed by atoms with Crippen LogP contribution in [0.3, 0.4) is 0 Å². The molecule has 1 aromatic carbocycles. The summed E-state index contributed by atoms with van der Waals surface area (Å²) in [7, 11) is 1.82. The molecule has 1 aromatic heterocycles. The van der Waals surface area contributed by atoms with E-state index in [4.69, 9.17) is 0 Å². The molecule has 3 nitrogen and oxygen atoms in total. The highest BCUT2D eigenvalue weighted by molar-refractivity contribution is 6.01. The van der Waals surface area contributed by atoms with Gasteiger partial charge < -0.3 is 0 Å². The predicted octanol–water partition coefficient (Wildman–Crippen LogP) is 3.73. The van der Waals surface area contributed by atoms with Crippen molar-refractivity contribution >= 4 is 5.78 Å². The van der Waals surface area contributed by atoms with Gasteiger partial charge in [0, 0.05) is 29.8 Å². The maximum Gasteiger partial charge on any atom is 0.160 e. The Morgan fingerprint density at radius 2 is 1.90 bits per heavy atom. The molecular weight excluding hydrogens is 255 g/mol. The monoisotopic (exact) mass is 274 g/mol. The van der Waals surface area contributed by atoms with E-state index in [1.54, 1.807) is 4.68 Å². The van der Waals surface area contributed by atoms with E-state index in [1.807, 2.05) is 34.0 Å². The number of benzene rings is 1. The normalized spacial score (nSPS) is 11.7. The van der Waals surface area contributed by atoms with E-state index < -0.39 is 0 Å². The summed E-state index contributed by atoms with van der Waals surface area (Å²) in [5, 5.41) is 4.47. The minimum atomic E-state index is -0.353. The molecule has 0 aliphatic heterocycles. The number of carbonyl (C=O) groups excluding carboxylic acids is 1. The molecule has 0 fully saturated rings. The van der Waals surface area contributed by atoms with Crippen molar-refractivity contribution < 1.29 is 9.18 Å². The summed E-state index contributed by atoms with van der Waals surface area (Å²) in [6, 6.07) is 4.25. The van der Waals surface area contributed by atoms with Gasteiger partial charge in [0.2, 0.25) is 0 Å². The molecule has 0 aliphatic carbocycles. The van der Waals surface area contributed by atoms with Gasteiger partial charge in [0.05, 0.1) is 5.69 Å². The van der Waals surface area contributed by atoms with Gasteiger partial charge >= 0.3 is 0 Å². The number of rotatable bonds is 2. The number of hydrogen-bond donors (Lipinski definition) is 0. The number of halogens is 1. The van der Waals surface area contributed by atoms with Crippen molar-refractivity contribution in [2.24, 2.45) is 7.05 Å². The highest BCUT2D eigenvalue weighted by Crippen LogP contribution is 2.34. The summed E-state index contributed by atoms with van der Waals surface area (Å²) in [5.41, 5.74) is 2.61. The van der Waals surface area contributed by atoms with Gasteiger partial charge in [-0.05, 0) is 30.7 Å². The van der Waals surface area contributed by atoms with Crippen molar-refractivity contribution in [1.82, 2.24) is 9.78 Å². The molecule has 0 saturated carbocycles. The second kappa shape index (κ2) is 4.85. The lowest BCUT2D eigenvalue weighted by atomic mass is 9.86. The highest BCUT2D eigenvalue weighted by atomic mass is 19.1. The van der Waals surface area contributed by atoms with Crippen LogP contribution in [-0.2, 0) is 12.5 Å². The third-order valence-corrected chi connectivity index (χ3v) is 3.19. The lowest BCUT2D eigenvalue weighted by molar-refractivity contribution is 0.101. The van der Waals surface area contributed by atoms with E-state index in [0.717, 1.165) is 11.3 Å². The summed E-state index contributed by atoms with van der Waals surface area (Å²) in [6.45, 7) is 7.63. The van der Waals surface area contributed by atoms with E-state index >= 15 is 0 Å². The van der Waals surface area contributed by atoms with Crippen LogP contribution >= 0.6 is 0 Å². The Labute approximate surface area is 118 Å². The molecule has 1 heterocycles. The molecule has 0 spiro atoms. The summed E-state index contributed by atoms with van der Waals surface area (Å²) in [5.74, 6) is -0.433. The van der Waals surface area contributed by atoms with Gasteiger partial charge in [-0.25, -0.2) is 4.39 Å². The first-order valence-corrected chi connectivity index (χ1v) is 6.55. The van der Waals surface area contributed by atoms with Crippen molar-refractivity contribution in [1.29, 1.82) is 0 Å². The Bertz CT molecular complexity index is 666. The topological polar surface area (TPSA) is 34.9 Å². The third-order valence-electron chi connectivity index (χ3n) is 3.19. The van der Waals surface area contributed by atoms with Crippen LogP contribution in [-0.4, -0.2) is 15.6 Å². The summed E-state index contributed by atoms with van der Waals surface area (Å²) in [4.78, 5) is 11.8. The first-order valence-electron chi connectivity index (χ1n) is 6.55. The van der Waals surface area contributed by atoms with E-state index in [0.29, 0.717) is 11.1 Å². The zero-order valence-electron chi connectivity index (χ0n) is 12.5. The molecule has 0 N–H and O–H groups in total. The molecule has 0 unspecified atom stereocenters. The standard InChI is InChI=1S/C16H19FN2O/c1-10(20)12-7-6-11(17)8-13(12)14-9-19(5)18-15(14)16(2,3)4/h6-9H,1-5H3. The second-order valence-corrected chi connectivity index (χ2v) is 6.06. The van der Waals surface area contributed by atoms with Crippen LogP contribution in [0.4, 0.5) is 4.39 Å². The van der Waals surface area contributed by atoms with Gasteiger partial charge in [-0.3, -0.25) is 9.48 Å². The average molecular weight is 274 g/mol. The molecule has 2 rings (SSSR count). The highest BCUT2D eigenvalue weighted by Gasteiger charge is 2.24. The number of ketones is 1. The minimum absolute atomic E-state index is 0.0799. The molecule has 2 aromatic rings. The van der Waals surface area contributed by atoms with Crippen molar-refractivity contribution in [2.75, 3.05) is 0 Å². The molecule has 0 aliphatic rings. The van der Waals surface area contributed by atoms with Crippen molar-refractivity contribution in [3.05, 3.63) is 41.5 Å². The molecule has 20 heavy (non-hydrogen) atoms. The van der Waals surface area contributed by atoms with E-state index in [9.17, 15) is 9.18 Å². The average Bonchev–Trinajstić information content (AvgIpc) is 2.70. The van der Waals surface area contributed by atoms with Gasteiger partial charge in [0.15, 0.2) is 5.78 Å². The maximum atomic E-state index is 13.6. The van der Waals surface area contributed by atoms with Gasteiger partial charge in [0.1, 0.15) is 5.82 Å². The van der Waals surface area contributed by atoms with Crippen LogP contribution in [0.2, 0.25) is 0 Å². The fourth-order valence-electron chi connectivity index (χ4n) is 2.29. The van der Waals surface area contributed by atoms with Gasteiger partial charge in [0.25, 0.3) is 0 Å². The minimum Gasteiger partial charge on any atom is -0.294 e. The SMILES string of the molecule is CC(=O)c1ccc(F)cc1-c1cn(C)nc1C(C)(C)C. The number of aryl methyl sites for hydroxylation is 1. The summed E-state index contributed by atoms with van der Waals surface area (Å²) < 4.78 is 15.3. The van der Waals surface area contributed by atoms with E-state index in [-0.39, 0.29) is 17.0 Å². The van der Waals surface area contributed by atoms with Crippen molar-refractivity contribution in [2.45, 2.75) is 33.1 Å². The first-order chi connectivity index (χ1) is 9.20. The molecule has 0 bridgehead atoms. The van der Waals surface area contributed by atoms with Crippen molar-refractivity contribution in [3.8, 4) is 11.1 Å². The van der Waals surface area contributed by atoms with Crippen molar-refractivity contribution in [3.63, 3.8) is 0 Å². The molecular formula is C16H19FN2O. The number of Topliss-reactive ketones (excluding diaryl/α,β-unsaturated/α-hetero) is 1. The fourth-order valence-corrected chi connectivity index (χ4v) is 2.29. The quantitative estimate of drug-likeness (QED) is 0.782. The Kier molecular flexibility index (Phi) is 3.50. The zero-order valence-corrected chi connectivity index (χ0v) is 12.5. The summed E-state index contributed by atoms with van der Waals surface area (Å²) in [6.07, 6.45) is 1.84. The number of nitrogens with zero attached hydrogens (tertiary/aromatic N) is 2. The Morgan fingerprint density at radius 3 is 2.45 bits per heavy atom. The molecule has 0 amide bonds. The van der Waals surface area contributed by atoms with Crippen LogP contribution in [0.1, 0.15) is 43.7 Å². The second-order valence-electron chi connectivity index (χ2n) is 6.06.